The van der Waals surface area contributed by atoms with Crippen molar-refractivity contribution < 1.29 is 9.84 Å². The molecule has 0 bridgehead atoms. The summed E-state index contributed by atoms with van der Waals surface area (Å²) in [4.78, 5) is 0. The Morgan fingerprint density at radius 3 is 1.67 bits per heavy atom. The molecular weight excluding hydrogens is 140 g/mol. The van der Waals surface area contributed by atoms with E-state index in [2.05, 4.69) is 0 Å². The molecule has 0 atom stereocenters. The molecule has 3 heteroatoms. The Bertz CT molecular complexity index is 30.2. The van der Waals surface area contributed by atoms with E-state index in [9.17, 15) is 0 Å². The lowest BCUT2D eigenvalue weighted by atomic mass is 10.8. The second-order valence-corrected chi connectivity index (χ2v) is 1.57. The maximum Gasteiger partial charge on any atom is 0.0566 e. The van der Waals surface area contributed by atoms with Crippen LogP contribution in [0.25, 0.3) is 0 Å². The first-order valence-corrected chi connectivity index (χ1v) is 3.61. The van der Waals surface area contributed by atoms with Crippen LogP contribution >= 0.6 is 11.6 Å². The van der Waals surface area contributed by atoms with Crippen molar-refractivity contribution in [3.8, 4) is 0 Å². The van der Waals surface area contributed by atoms with E-state index in [1.54, 1.807) is 0 Å². The van der Waals surface area contributed by atoms with Gasteiger partial charge in [-0.05, 0) is 13.8 Å². The third kappa shape index (κ3) is 30.7. The maximum atomic E-state index is 7.74. The second-order valence-electron chi connectivity index (χ2n) is 1.19. The van der Waals surface area contributed by atoms with Crippen molar-refractivity contribution in [3.05, 3.63) is 0 Å². The standard InChI is InChI=1S/C4H10O.C2H5ClO/c1-3-5-4-2;3-1-2-4/h3-4H2,1-2H3;4H,1-2H2. The molecule has 58 valence electrons. The molecule has 0 fully saturated rings. The number of aliphatic hydroxyl groups excluding tert-OH is 1. The second kappa shape index (κ2) is 15.7. The predicted molar refractivity (Wildman–Crippen MR) is 40.0 cm³/mol. The maximum absolute atomic E-state index is 7.74. The number of alkyl halides is 1. The Morgan fingerprint density at radius 2 is 1.67 bits per heavy atom. The van der Waals surface area contributed by atoms with E-state index >= 15 is 0 Å². The zero-order valence-electron chi connectivity index (χ0n) is 6.06. The van der Waals surface area contributed by atoms with Gasteiger partial charge in [0.05, 0.1) is 6.61 Å². The van der Waals surface area contributed by atoms with E-state index in [1.807, 2.05) is 13.8 Å². The van der Waals surface area contributed by atoms with Gasteiger partial charge in [0.2, 0.25) is 0 Å². The van der Waals surface area contributed by atoms with Crippen molar-refractivity contribution in [1.82, 2.24) is 0 Å². The summed E-state index contributed by atoms with van der Waals surface area (Å²) in [5, 5.41) is 7.74. The topological polar surface area (TPSA) is 29.5 Å². The zero-order chi connectivity index (χ0) is 7.54. The highest BCUT2D eigenvalue weighted by atomic mass is 35.5. The lowest BCUT2D eigenvalue weighted by Crippen LogP contribution is -1.84. The number of halogens is 1. The summed E-state index contributed by atoms with van der Waals surface area (Å²) >= 11 is 4.94. The van der Waals surface area contributed by atoms with Crippen LogP contribution in [0.5, 0.6) is 0 Å². The van der Waals surface area contributed by atoms with Crippen molar-refractivity contribution in [2.75, 3.05) is 25.7 Å². The Kier molecular flexibility index (Phi) is 20.9. The van der Waals surface area contributed by atoms with Gasteiger partial charge in [0.1, 0.15) is 0 Å². The minimum atomic E-state index is 0.0849. The van der Waals surface area contributed by atoms with Crippen LogP contribution in [0.3, 0.4) is 0 Å². The summed E-state index contributed by atoms with van der Waals surface area (Å²) in [6.45, 7) is 5.75. The fourth-order valence-electron chi connectivity index (χ4n) is 0.204. The molecule has 9 heavy (non-hydrogen) atoms. The molecule has 0 aromatic carbocycles. The number of ether oxygens (including phenoxy) is 1. The highest BCUT2D eigenvalue weighted by Crippen LogP contribution is 1.64. The van der Waals surface area contributed by atoms with Gasteiger partial charge in [-0.25, -0.2) is 0 Å². The summed E-state index contributed by atoms with van der Waals surface area (Å²) in [6, 6.07) is 0. The lowest BCUT2D eigenvalue weighted by Gasteiger charge is -1.86. The summed E-state index contributed by atoms with van der Waals surface area (Å²) in [6.07, 6.45) is 0. The van der Waals surface area contributed by atoms with Crippen molar-refractivity contribution in [3.63, 3.8) is 0 Å². The number of aliphatic hydroxyl groups is 1. The molecule has 0 saturated heterocycles. The molecule has 0 aliphatic carbocycles. The van der Waals surface area contributed by atoms with Crippen molar-refractivity contribution in [1.29, 1.82) is 0 Å². The van der Waals surface area contributed by atoms with E-state index in [0.717, 1.165) is 13.2 Å². The lowest BCUT2D eigenvalue weighted by molar-refractivity contribution is 0.162. The van der Waals surface area contributed by atoms with Crippen LogP contribution in [0.15, 0.2) is 0 Å². The van der Waals surface area contributed by atoms with Crippen LogP contribution in [0.4, 0.5) is 0 Å². The minimum absolute atomic E-state index is 0.0849. The van der Waals surface area contributed by atoms with Crippen LogP contribution < -0.4 is 0 Å². The molecule has 0 spiro atoms. The molecule has 1 N–H and O–H groups in total. The first kappa shape index (κ1) is 11.9. The summed E-state index contributed by atoms with van der Waals surface area (Å²) < 4.78 is 4.83. The third-order valence-corrected chi connectivity index (χ3v) is 0.662. The third-order valence-electron chi connectivity index (χ3n) is 0.493. The fourth-order valence-corrected chi connectivity index (χ4v) is 0.204. The summed E-state index contributed by atoms with van der Waals surface area (Å²) in [7, 11) is 0. The average molecular weight is 155 g/mol. The molecule has 0 saturated carbocycles. The molecule has 0 aromatic rings. The monoisotopic (exact) mass is 154 g/mol. The quantitative estimate of drug-likeness (QED) is 0.621. The normalized spacial score (nSPS) is 8.00. The van der Waals surface area contributed by atoms with Crippen LogP contribution in [0.2, 0.25) is 0 Å². The van der Waals surface area contributed by atoms with Gasteiger partial charge < -0.3 is 9.84 Å². The summed E-state index contributed by atoms with van der Waals surface area (Å²) in [5.74, 6) is 0.347. The first-order valence-electron chi connectivity index (χ1n) is 3.08. The molecule has 2 nitrogen and oxygen atoms in total. The van der Waals surface area contributed by atoms with Gasteiger partial charge in [-0.3, -0.25) is 0 Å². The largest absolute Gasteiger partial charge is 0.395 e. The van der Waals surface area contributed by atoms with E-state index < -0.39 is 0 Å². The number of hydrogen-bond acceptors (Lipinski definition) is 2. The van der Waals surface area contributed by atoms with Crippen molar-refractivity contribution >= 4 is 11.6 Å². The minimum Gasteiger partial charge on any atom is -0.395 e. The van der Waals surface area contributed by atoms with Gasteiger partial charge in [0, 0.05) is 19.1 Å². The van der Waals surface area contributed by atoms with Gasteiger partial charge in [0.25, 0.3) is 0 Å². The molecule has 0 amide bonds. The molecule has 0 aliphatic rings. The summed E-state index contributed by atoms with van der Waals surface area (Å²) in [5.41, 5.74) is 0. The van der Waals surface area contributed by atoms with Crippen molar-refractivity contribution in [2.45, 2.75) is 13.8 Å². The van der Waals surface area contributed by atoms with Gasteiger partial charge >= 0.3 is 0 Å². The average Bonchev–Trinajstić information content (AvgIpc) is 1.91. The van der Waals surface area contributed by atoms with Gasteiger partial charge in [-0.15, -0.1) is 11.6 Å². The van der Waals surface area contributed by atoms with E-state index in [-0.39, 0.29) is 6.61 Å². The van der Waals surface area contributed by atoms with Gasteiger partial charge in [-0.2, -0.15) is 0 Å². The van der Waals surface area contributed by atoms with E-state index in [1.165, 1.54) is 0 Å². The Hall–Kier alpha value is 0.210. The van der Waals surface area contributed by atoms with E-state index in [0.29, 0.717) is 5.88 Å². The van der Waals surface area contributed by atoms with Gasteiger partial charge in [0.15, 0.2) is 0 Å². The van der Waals surface area contributed by atoms with E-state index in [4.69, 9.17) is 21.4 Å². The highest BCUT2D eigenvalue weighted by Gasteiger charge is 1.64. The predicted octanol–water partition coefficient (Wildman–Crippen LogP) is 1.26. The van der Waals surface area contributed by atoms with Crippen LogP contribution in [0, 0.1) is 0 Å². The Labute approximate surface area is 61.8 Å². The van der Waals surface area contributed by atoms with Gasteiger partial charge in [-0.1, -0.05) is 0 Å². The molecule has 0 radical (unpaired) electrons. The first-order chi connectivity index (χ1) is 4.33. The smallest absolute Gasteiger partial charge is 0.0566 e. The molecule has 0 unspecified atom stereocenters. The number of rotatable bonds is 3. The Morgan fingerprint density at radius 1 is 1.33 bits per heavy atom. The molecule has 0 heterocycles. The SMILES string of the molecule is CCOCC.OCCCl. The van der Waals surface area contributed by atoms with Crippen LogP contribution in [0.1, 0.15) is 13.8 Å². The molecule has 0 aromatic heterocycles. The zero-order valence-corrected chi connectivity index (χ0v) is 6.82. The van der Waals surface area contributed by atoms with Crippen LogP contribution in [-0.2, 0) is 4.74 Å². The Balaban J connectivity index is 0. The molecule has 0 rings (SSSR count). The molecule has 0 aliphatic heterocycles. The highest BCUT2D eigenvalue weighted by molar-refractivity contribution is 6.17. The fraction of sp³-hybridized carbons (Fsp3) is 1.00. The molecular formula is C6H15ClO2. The number of hydrogen-bond donors (Lipinski definition) is 1. The van der Waals surface area contributed by atoms with Crippen molar-refractivity contribution in [2.24, 2.45) is 0 Å². The van der Waals surface area contributed by atoms with Crippen LogP contribution in [-0.4, -0.2) is 30.8 Å².